The van der Waals surface area contributed by atoms with Gasteiger partial charge in [-0.3, -0.25) is 19.2 Å². The van der Waals surface area contributed by atoms with Crippen LogP contribution in [0.25, 0.3) is 6.08 Å². The van der Waals surface area contributed by atoms with Crippen molar-refractivity contribution in [2.45, 2.75) is 16.6 Å². The fraction of sp³-hybridized carbons (Fsp3) is 0.118. The van der Waals surface area contributed by atoms with Crippen molar-refractivity contribution >= 4 is 52.8 Å². The highest BCUT2D eigenvalue weighted by Gasteiger charge is 2.40. The zero-order valence-corrected chi connectivity index (χ0v) is 24.8. The van der Waals surface area contributed by atoms with E-state index in [1.54, 1.807) is 123 Å². The van der Waals surface area contributed by atoms with Crippen molar-refractivity contribution < 1.29 is 28.7 Å². The third kappa shape index (κ3) is 7.16. The van der Waals surface area contributed by atoms with Gasteiger partial charge < -0.3 is 20.1 Å². The molecule has 1 saturated heterocycles. The van der Waals surface area contributed by atoms with Gasteiger partial charge in [-0.25, -0.2) is 4.90 Å². The monoisotopic (exact) mass is 607 g/mol. The minimum atomic E-state index is -0.573. The van der Waals surface area contributed by atoms with Crippen LogP contribution in [-0.2, 0) is 14.4 Å². The second-order valence-corrected chi connectivity index (χ2v) is 11.0. The summed E-state index contributed by atoms with van der Waals surface area (Å²) in [5.74, 6) is -0.272. The lowest BCUT2D eigenvalue weighted by Gasteiger charge is -2.15. The van der Waals surface area contributed by atoms with Crippen molar-refractivity contribution in [2.24, 2.45) is 0 Å². The molecule has 0 bridgehead atoms. The Balaban J connectivity index is 1.28. The minimum absolute atomic E-state index is 0.0410. The zero-order chi connectivity index (χ0) is 31.1. The molecular weight excluding hydrogens is 578 g/mol. The fourth-order valence-electron chi connectivity index (χ4n) is 4.52. The molecule has 0 aromatic heterocycles. The predicted molar refractivity (Wildman–Crippen MR) is 170 cm³/mol. The summed E-state index contributed by atoms with van der Waals surface area (Å²) in [5, 5.41) is 4.96. The molecule has 1 fully saturated rings. The molecule has 4 amide bonds. The average molecular weight is 608 g/mol. The van der Waals surface area contributed by atoms with Gasteiger partial charge in [-0.15, -0.1) is 11.8 Å². The molecule has 222 valence electrons. The molecule has 1 heterocycles. The number of benzene rings is 4. The fourth-order valence-corrected chi connectivity index (χ4v) is 5.57. The van der Waals surface area contributed by atoms with Gasteiger partial charge in [0.15, 0.2) is 0 Å². The number of nitrogens with one attached hydrogen (secondary N) is 2. The lowest BCUT2D eigenvalue weighted by Crippen LogP contribution is -2.31. The van der Waals surface area contributed by atoms with E-state index in [1.165, 1.54) is 16.7 Å². The van der Waals surface area contributed by atoms with Gasteiger partial charge in [0.2, 0.25) is 11.8 Å². The van der Waals surface area contributed by atoms with E-state index in [1.807, 2.05) is 0 Å². The van der Waals surface area contributed by atoms with Gasteiger partial charge in [0.1, 0.15) is 17.2 Å². The van der Waals surface area contributed by atoms with Crippen molar-refractivity contribution in [1.29, 1.82) is 0 Å². The number of nitrogens with zero attached hydrogens (tertiary/aromatic N) is 1. The molecule has 1 aliphatic rings. The van der Waals surface area contributed by atoms with Crippen LogP contribution in [0.1, 0.15) is 22.3 Å². The summed E-state index contributed by atoms with van der Waals surface area (Å²) in [6.45, 7) is 0. The summed E-state index contributed by atoms with van der Waals surface area (Å²) in [5.41, 5.74) is 2.09. The number of methoxy groups -OCH3 is 2. The van der Waals surface area contributed by atoms with E-state index in [9.17, 15) is 19.2 Å². The Kier molecular flexibility index (Phi) is 9.41. The summed E-state index contributed by atoms with van der Waals surface area (Å²) in [4.78, 5) is 54.0. The second kappa shape index (κ2) is 13.7. The topological polar surface area (TPSA) is 114 Å². The van der Waals surface area contributed by atoms with E-state index in [0.717, 1.165) is 4.90 Å². The highest BCUT2D eigenvalue weighted by molar-refractivity contribution is 8.00. The maximum absolute atomic E-state index is 13.4. The van der Waals surface area contributed by atoms with Gasteiger partial charge in [-0.2, -0.15) is 0 Å². The zero-order valence-electron chi connectivity index (χ0n) is 24.0. The van der Waals surface area contributed by atoms with Crippen molar-refractivity contribution in [3.05, 3.63) is 120 Å². The number of thioether (sulfide) groups is 1. The van der Waals surface area contributed by atoms with E-state index in [0.29, 0.717) is 34.0 Å². The summed E-state index contributed by atoms with van der Waals surface area (Å²) in [6, 6.07) is 29.4. The smallest absolute Gasteiger partial charge is 0.272 e. The first-order valence-corrected chi connectivity index (χ1v) is 14.5. The molecule has 4 aromatic rings. The summed E-state index contributed by atoms with van der Waals surface area (Å²) in [7, 11) is 3.10. The molecule has 44 heavy (non-hydrogen) atoms. The SMILES string of the molecule is COc1ccc(N2C(=O)CC(Sc3ccc(NC(=O)/C(=C/c4cccc(OC)c4)NC(=O)c4ccccc4)cc3)C2=O)cc1. The molecule has 0 aliphatic carbocycles. The maximum Gasteiger partial charge on any atom is 0.272 e. The van der Waals surface area contributed by atoms with Gasteiger partial charge in [-0.05, 0) is 84.4 Å². The van der Waals surface area contributed by atoms with E-state index in [-0.39, 0.29) is 23.9 Å². The largest absolute Gasteiger partial charge is 0.497 e. The first-order valence-electron chi connectivity index (χ1n) is 13.7. The van der Waals surface area contributed by atoms with Gasteiger partial charge in [0.25, 0.3) is 11.8 Å². The molecular formula is C34H29N3O6S. The van der Waals surface area contributed by atoms with Crippen LogP contribution in [0.3, 0.4) is 0 Å². The number of imide groups is 1. The van der Waals surface area contributed by atoms with Crippen LogP contribution in [0.2, 0.25) is 0 Å². The van der Waals surface area contributed by atoms with Crippen LogP contribution >= 0.6 is 11.8 Å². The third-order valence-electron chi connectivity index (χ3n) is 6.76. The van der Waals surface area contributed by atoms with Crippen LogP contribution in [0.15, 0.2) is 114 Å². The lowest BCUT2D eigenvalue weighted by atomic mass is 10.1. The molecule has 9 nitrogen and oxygen atoms in total. The Morgan fingerprint density at radius 1 is 0.841 bits per heavy atom. The standard InChI is InChI=1S/C34H29N3O6S/c1-42-26-15-13-25(14-16-26)37-31(38)21-30(34(37)41)44-28-17-11-24(12-18-28)35-33(40)29(20-22-7-6-10-27(19-22)43-2)36-32(39)23-8-4-3-5-9-23/h3-20,30H,21H2,1-2H3,(H,35,40)(H,36,39)/b29-20-. The van der Waals surface area contributed by atoms with Crippen molar-refractivity contribution in [1.82, 2.24) is 5.32 Å². The number of carbonyl (C=O) groups is 4. The van der Waals surface area contributed by atoms with Gasteiger partial charge in [0, 0.05) is 22.6 Å². The molecule has 0 saturated carbocycles. The molecule has 5 rings (SSSR count). The van der Waals surface area contributed by atoms with Crippen LogP contribution in [0, 0.1) is 0 Å². The molecule has 0 spiro atoms. The van der Waals surface area contributed by atoms with Crippen LogP contribution < -0.4 is 25.0 Å². The van der Waals surface area contributed by atoms with E-state index >= 15 is 0 Å². The summed E-state index contributed by atoms with van der Waals surface area (Å²) in [6.07, 6.45) is 1.65. The number of hydrogen-bond donors (Lipinski definition) is 2. The Labute approximate surface area is 258 Å². The van der Waals surface area contributed by atoms with Crippen molar-refractivity contribution in [3.63, 3.8) is 0 Å². The van der Waals surface area contributed by atoms with Crippen LogP contribution in [-0.4, -0.2) is 43.1 Å². The quantitative estimate of drug-likeness (QED) is 0.180. The Hall–Kier alpha value is -5.35. The summed E-state index contributed by atoms with van der Waals surface area (Å²) >= 11 is 1.28. The Morgan fingerprint density at radius 3 is 2.23 bits per heavy atom. The number of ether oxygens (including phenoxy) is 2. The van der Waals surface area contributed by atoms with E-state index in [2.05, 4.69) is 10.6 Å². The molecule has 1 aliphatic heterocycles. The number of rotatable bonds is 10. The van der Waals surface area contributed by atoms with Gasteiger partial charge >= 0.3 is 0 Å². The number of carbonyl (C=O) groups excluding carboxylic acids is 4. The molecule has 1 atom stereocenters. The van der Waals surface area contributed by atoms with E-state index < -0.39 is 17.1 Å². The number of anilines is 2. The van der Waals surface area contributed by atoms with Crippen molar-refractivity contribution in [3.8, 4) is 11.5 Å². The van der Waals surface area contributed by atoms with Crippen molar-refractivity contribution in [2.75, 3.05) is 24.4 Å². The lowest BCUT2D eigenvalue weighted by molar-refractivity contribution is -0.121. The first kappa shape index (κ1) is 30.1. The third-order valence-corrected chi connectivity index (χ3v) is 7.96. The molecule has 4 aromatic carbocycles. The second-order valence-electron chi connectivity index (χ2n) is 9.71. The molecule has 1 unspecified atom stereocenters. The Bertz CT molecular complexity index is 1710. The number of hydrogen-bond acceptors (Lipinski definition) is 7. The highest BCUT2D eigenvalue weighted by Crippen LogP contribution is 2.35. The molecule has 0 radical (unpaired) electrons. The minimum Gasteiger partial charge on any atom is -0.497 e. The predicted octanol–water partition coefficient (Wildman–Crippen LogP) is 5.54. The van der Waals surface area contributed by atoms with Gasteiger partial charge in [-0.1, -0.05) is 30.3 Å². The van der Waals surface area contributed by atoms with Crippen LogP contribution in [0.4, 0.5) is 11.4 Å². The maximum atomic E-state index is 13.4. The average Bonchev–Trinajstić information content (AvgIpc) is 3.33. The Morgan fingerprint density at radius 2 is 1.55 bits per heavy atom. The van der Waals surface area contributed by atoms with Crippen LogP contribution in [0.5, 0.6) is 11.5 Å². The van der Waals surface area contributed by atoms with E-state index in [4.69, 9.17) is 9.47 Å². The number of amides is 4. The molecule has 10 heteroatoms. The normalized spacial score (nSPS) is 14.7. The highest BCUT2D eigenvalue weighted by atomic mass is 32.2. The summed E-state index contributed by atoms with van der Waals surface area (Å²) < 4.78 is 10.4. The first-order chi connectivity index (χ1) is 21.3. The molecule has 2 N–H and O–H groups in total. The van der Waals surface area contributed by atoms with Gasteiger partial charge in [0.05, 0.1) is 25.2 Å².